The number of guanidine groups is 1. The van der Waals surface area contributed by atoms with E-state index >= 15 is 0 Å². The van der Waals surface area contributed by atoms with Crippen LogP contribution in [0.25, 0.3) is 0 Å². The number of hydrogen-bond acceptors (Lipinski definition) is 5. The van der Waals surface area contributed by atoms with Gasteiger partial charge in [0.1, 0.15) is 6.26 Å². The first kappa shape index (κ1) is 23.2. The average Bonchev–Trinajstić information content (AvgIpc) is 3.14. The molecular formula is C18H34IN5O2. The van der Waals surface area contributed by atoms with Gasteiger partial charge in [0.2, 0.25) is 0 Å². The van der Waals surface area contributed by atoms with Crippen LogP contribution in [-0.4, -0.2) is 73.4 Å². The quantitative estimate of drug-likeness (QED) is 0.241. The number of aliphatic imine (C=N–C) groups is 1. The van der Waals surface area contributed by atoms with E-state index in [1.807, 2.05) is 6.07 Å². The van der Waals surface area contributed by atoms with Crippen LogP contribution >= 0.6 is 24.0 Å². The average molecular weight is 479 g/mol. The minimum absolute atomic E-state index is 0. The highest BCUT2D eigenvalue weighted by atomic mass is 127. The number of nitrogens with one attached hydrogen (secondary N) is 1. The van der Waals surface area contributed by atoms with Gasteiger partial charge in [-0.2, -0.15) is 0 Å². The molecule has 1 aromatic rings. The minimum atomic E-state index is 0. The van der Waals surface area contributed by atoms with Crippen LogP contribution in [0.1, 0.15) is 38.8 Å². The van der Waals surface area contributed by atoms with Gasteiger partial charge in [-0.1, -0.05) is 18.5 Å². The van der Waals surface area contributed by atoms with E-state index in [1.165, 1.54) is 6.42 Å². The van der Waals surface area contributed by atoms with Gasteiger partial charge in [0, 0.05) is 65.1 Å². The Morgan fingerprint density at radius 1 is 1.23 bits per heavy atom. The number of unbranched alkanes of at least 4 members (excludes halogenated alkanes) is 1. The van der Waals surface area contributed by atoms with Crippen molar-refractivity contribution in [1.29, 1.82) is 0 Å². The van der Waals surface area contributed by atoms with Gasteiger partial charge < -0.3 is 19.5 Å². The summed E-state index contributed by atoms with van der Waals surface area (Å²) in [6.45, 7) is 12.5. The molecule has 2 rings (SSSR count). The Morgan fingerprint density at radius 3 is 2.65 bits per heavy atom. The van der Waals surface area contributed by atoms with E-state index in [4.69, 9.17) is 14.3 Å². The van der Waals surface area contributed by atoms with E-state index in [1.54, 1.807) is 6.26 Å². The van der Waals surface area contributed by atoms with Crippen LogP contribution in [0, 0.1) is 0 Å². The van der Waals surface area contributed by atoms with Crippen molar-refractivity contribution in [3.05, 3.63) is 18.0 Å². The number of aromatic nitrogens is 1. The molecule has 0 spiro atoms. The standard InChI is InChI=1S/C18H33N5O2.HI/c1-3-5-13-24-14-6-8-20-18(19-4-2)23-11-9-22(10-12-23)16-17-7-15-25-21-17;/h7,15H,3-6,8-14,16H2,1-2H3,(H,19,20);1H. The number of hydrogen-bond donors (Lipinski definition) is 1. The van der Waals surface area contributed by atoms with Crippen LogP contribution in [0.3, 0.4) is 0 Å². The molecule has 0 aliphatic carbocycles. The van der Waals surface area contributed by atoms with Crippen LogP contribution in [0.2, 0.25) is 0 Å². The van der Waals surface area contributed by atoms with E-state index in [2.05, 4.69) is 34.1 Å². The van der Waals surface area contributed by atoms with Gasteiger partial charge in [-0.15, -0.1) is 24.0 Å². The van der Waals surface area contributed by atoms with Crippen molar-refractivity contribution in [1.82, 2.24) is 20.3 Å². The molecule has 150 valence electrons. The third-order valence-electron chi connectivity index (χ3n) is 4.23. The monoisotopic (exact) mass is 479 g/mol. The van der Waals surface area contributed by atoms with E-state index in [-0.39, 0.29) is 24.0 Å². The summed E-state index contributed by atoms with van der Waals surface area (Å²) in [5, 5.41) is 7.41. The number of halogens is 1. The van der Waals surface area contributed by atoms with Crippen molar-refractivity contribution in [3.8, 4) is 0 Å². The molecule has 1 aliphatic rings. The summed E-state index contributed by atoms with van der Waals surface area (Å²) in [6, 6.07) is 1.93. The molecule has 1 saturated heterocycles. The highest BCUT2D eigenvalue weighted by molar-refractivity contribution is 14.0. The Bertz CT molecular complexity index is 476. The van der Waals surface area contributed by atoms with Crippen LogP contribution in [0.4, 0.5) is 0 Å². The van der Waals surface area contributed by atoms with Crippen molar-refractivity contribution in [2.45, 2.75) is 39.7 Å². The van der Waals surface area contributed by atoms with Gasteiger partial charge in [0.05, 0.1) is 5.69 Å². The van der Waals surface area contributed by atoms with Crippen LogP contribution < -0.4 is 5.32 Å². The zero-order chi connectivity index (χ0) is 17.7. The number of nitrogens with zero attached hydrogens (tertiary/aromatic N) is 4. The molecule has 0 radical (unpaired) electrons. The molecule has 1 aliphatic heterocycles. The zero-order valence-corrected chi connectivity index (χ0v) is 18.5. The van der Waals surface area contributed by atoms with Crippen LogP contribution in [0.15, 0.2) is 21.8 Å². The summed E-state index contributed by atoms with van der Waals surface area (Å²) < 4.78 is 10.5. The predicted octanol–water partition coefficient (Wildman–Crippen LogP) is 2.58. The second kappa shape index (κ2) is 14.2. The Labute approximate surface area is 174 Å². The number of piperazine rings is 1. The van der Waals surface area contributed by atoms with E-state index in [9.17, 15) is 0 Å². The van der Waals surface area contributed by atoms with Crippen LogP contribution in [0.5, 0.6) is 0 Å². The van der Waals surface area contributed by atoms with Crippen molar-refractivity contribution < 1.29 is 9.26 Å². The first-order chi connectivity index (χ1) is 12.3. The van der Waals surface area contributed by atoms with Crippen molar-refractivity contribution >= 4 is 29.9 Å². The fourth-order valence-electron chi connectivity index (χ4n) is 2.79. The third kappa shape index (κ3) is 8.68. The Kier molecular flexibility index (Phi) is 12.7. The second-order valence-corrected chi connectivity index (χ2v) is 6.31. The maximum absolute atomic E-state index is 5.60. The Hall–Kier alpha value is -0.870. The van der Waals surface area contributed by atoms with Gasteiger partial charge in [-0.25, -0.2) is 0 Å². The molecule has 0 saturated carbocycles. The molecule has 26 heavy (non-hydrogen) atoms. The lowest BCUT2D eigenvalue weighted by Gasteiger charge is -2.36. The SMILES string of the molecule is CCCCOCCCN=C(NCC)N1CCN(Cc2ccon2)CC1.I. The van der Waals surface area contributed by atoms with Crippen molar-refractivity contribution in [3.63, 3.8) is 0 Å². The predicted molar refractivity (Wildman–Crippen MR) is 115 cm³/mol. The summed E-state index contributed by atoms with van der Waals surface area (Å²) in [4.78, 5) is 9.51. The van der Waals surface area contributed by atoms with E-state index in [0.717, 1.165) is 83.5 Å². The topological polar surface area (TPSA) is 66.1 Å². The summed E-state index contributed by atoms with van der Waals surface area (Å²) in [6.07, 6.45) is 4.94. The molecule has 0 aromatic carbocycles. The maximum atomic E-state index is 5.60. The molecule has 1 aromatic heterocycles. The third-order valence-corrected chi connectivity index (χ3v) is 4.23. The van der Waals surface area contributed by atoms with Gasteiger partial charge in [-0.3, -0.25) is 9.89 Å². The lowest BCUT2D eigenvalue weighted by molar-refractivity contribution is 0.130. The normalized spacial score (nSPS) is 15.8. The lowest BCUT2D eigenvalue weighted by atomic mass is 10.3. The van der Waals surface area contributed by atoms with Crippen molar-refractivity contribution in [2.24, 2.45) is 4.99 Å². The summed E-state index contributed by atoms with van der Waals surface area (Å²) >= 11 is 0. The molecular weight excluding hydrogens is 445 g/mol. The summed E-state index contributed by atoms with van der Waals surface area (Å²) in [7, 11) is 0. The second-order valence-electron chi connectivity index (χ2n) is 6.31. The van der Waals surface area contributed by atoms with Gasteiger partial charge in [-0.05, 0) is 19.8 Å². The fourth-order valence-corrected chi connectivity index (χ4v) is 2.79. The molecule has 0 amide bonds. The lowest BCUT2D eigenvalue weighted by Crippen LogP contribution is -2.52. The Morgan fingerprint density at radius 2 is 2.00 bits per heavy atom. The van der Waals surface area contributed by atoms with Gasteiger partial charge >= 0.3 is 0 Å². The summed E-state index contributed by atoms with van der Waals surface area (Å²) in [5.41, 5.74) is 0.997. The van der Waals surface area contributed by atoms with Gasteiger partial charge in [0.15, 0.2) is 5.96 Å². The first-order valence-electron chi connectivity index (χ1n) is 9.56. The molecule has 1 fully saturated rings. The van der Waals surface area contributed by atoms with Crippen LogP contribution in [-0.2, 0) is 11.3 Å². The fraction of sp³-hybridized carbons (Fsp3) is 0.778. The molecule has 0 atom stereocenters. The van der Waals surface area contributed by atoms with Crippen molar-refractivity contribution in [2.75, 3.05) is 52.5 Å². The molecule has 2 heterocycles. The highest BCUT2D eigenvalue weighted by Crippen LogP contribution is 2.07. The molecule has 7 nitrogen and oxygen atoms in total. The Balaban J connectivity index is 0.00000338. The first-order valence-corrected chi connectivity index (χ1v) is 9.56. The maximum Gasteiger partial charge on any atom is 0.194 e. The number of rotatable bonds is 10. The molecule has 0 unspecified atom stereocenters. The summed E-state index contributed by atoms with van der Waals surface area (Å²) in [5.74, 6) is 1.03. The largest absolute Gasteiger partial charge is 0.381 e. The van der Waals surface area contributed by atoms with E-state index < -0.39 is 0 Å². The highest BCUT2D eigenvalue weighted by Gasteiger charge is 2.20. The minimum Gasteiger partial charge on any atom is -0.381 e. The number of ether oxygens (including phenoxy) is 1. The smallest absolute Gasteiger partial charge is 0.194 e. The molecule has 1 N–H and O–H groups in total. The van der Waals surface area contributed by atoms with Gasteiger partial charge in [0.25, 0.3) is 0 Å². The molecule has 0 bridgehead atoms. The van der Waals surface area contributed by atoms with E-state index in [0.29, 0.717) is 0 Å². The molecule has 8 heteroatoms. The zero-order valence-electron chi connectivity index (χ0n) is 16.2.